The van der Waals surface area contributed by atoms with Crippen LogP contribution < -0.4 is 0 Å². The molecule has 0 unspecified atom stereocenters. The van der Waals surface area contributed by atoms with Crippen LogP contribution in [0.1, 0.15) is 101 Å². The summed E-state index contributed by atoms with van der Waals surface area (Å²) in [5, 5.41) is 10.5. The van der Waals surface area contributed by atoms with Gasteiger partial charge < -0.3 is 5.11 Å². The van der Waals surface area contributed by atoms with E-state index in [0.29, 0.717) is 5.75 Å². The number of rotatable bonds is 2. The number of hydrogen-bond donors (Lipinski definition) is 1. The molecule has 2 aromatic carbocycles. The Morgan fingerprint density at radius 1 is 0.714 bits per heavy atom. The van der Waals surface area contributed by atoms with Crippen LogP contribution in [0.4, 0.5) is 0 Å². The second-order valence-corrected chi connectivity index (χ2v) is 10.9. The van der Waals surface area contributed by atoms with Crippen molar-refractivity contribution >= 4 is 0 Å². The maximum Gasteiger partial charge on any atom is 0.119 e. The number of aryl methyl sites for hydroxylation is 1. The predicted molar refractivity (Wildman–Crippen MR) is 121 cm³/mol. The van der Waals surface area contributed by atoms with Crippen LogP contribution >= 0.6 is 0 Å². The van der Waals surface area contributed by atoms with E-state index in [1.54, 1.807) is 0 Å². The van der Waals surface area contributed by atoms with E-state index in [0.717, 1.165) is 5.56 Å². The minimum absolute atomic E-state index is 0.0552. The van der Waals surface area contributed by atoms with Crippen molar-refractivity contribution in [2.24, 2.45) is 0 Å². The summed E-state index contributed by atoms with van der Waals surface area (Å²) in [6.45, 7) is 15.7. The Labute approximate surface area is 172 Å². The van der Waals surface area contributed by atoms with Crippen molar-refractivity contribution < 1.29 is 5.11 Å². The van der Waals surface area contributed by atoms with Crippen LogP contribution in [0.3, 0.4) is 0 Å². The van der Waals surface area contributed by atoms with Crippen molar-refractivity contribution in [3.63, 3.8) is 0 Å². The van der Waals surface area contributed by atoms with Gasteiger partial charge in [0, 0.05) is 5.41 Å². The minimum atomic E-state index is -0.0696. The Morgan fingerprint density at radius 2 is 1.21 bits per heavy atom. The second kappa shape index (κ2) is 7.25. The number of benzene rings is 2. The summed E-state index contributed by atoms with van der Waals surface area (Å²) in [6.07, 6.45) is 6.24. The van der Waals surface area contributed by atoms with E-state index in [1.165, 1.54) is 54.4 Å². The molecule has 0 amide bonds. The first-order chi connectivity index (χ1) is 12.9. The predicted octanol–water partition coefficient (Wildman–Crippen LogP) is 7.55. The third-order valence-electron chi connectivity index (χ3n) is 6.66. The van der Waals surface area contributed by atoms with Crippen molar-refractivity contribution in [3.05, 3.63) is 64.2 Å². The molecule has 1 aliphatic rings. The molecule has 1 heteroatoms. The molecule has 0 aliphatic heterocycles. The first kappa shape index (κ1) is 21.0. The summed E-state index contributed by atoms with van der Waals surface area (Å²) >= 11 is 0. The van der Waals surface area contributed by atoms with Gasteiger partial charge in [-0.1, -0.05) is 91.1 Å². The van der Waals surface area contributed by atoms with E-state index < -0.39 is 0 Å². The van der Waals surface area contributed by atoms with Gasteiger partial charge >= 0.3 is 0 Å². The summed E-state index contributed by atoms with van der Waals surface area (Å²) in [5.41, 5.74) is 6.83. The Morgan fingerprint density at radius 3 is 1.75 bits per heavy atom. The van der Waals surface area contributed by atoms with Crippen LogP contribution in [-0.2, 0) is 16.2 Å². The van der Waals surface area contributed by atoms with Crippen LogP contribution in [-0.4, -0.2) is 5.11 Å². The molecule has 0 atom stereocenters. The fourth-order valence-electron chi connectivity index (χ4n) is 5.06. The zero-order valence-electron chi connectivity index (χ0n) is 18.9. The highest BCUT2D eigenvalue weighted by atomic mass is 16.3. The Hall–Kier alpha value is -1.76. The SMILES string of the molecule is Cc1ccc(C2(c3ccc(O)c(C(C)(C)C)c3)CCCCC2)cc1C(C)(C)C. The van der Waals surface area contributed by atoms with E-state index in [1.807, 2.05) is 6.07 Å². The summed E-state index contributed by atoms with van der Waals surface area (Å²) in [7, 11) is 0. The summed E-state index contributed by atoms with van der Waals surface area (Å²) in [5.74, 6) is 0.418. The number of hydrogen-bond acceptors (Lipinski definition) is 1. The molecule has 0 spiro atoms. The lowest BCUT2D eigenvalue weighted by molar-refractivity contribution is 0.344. The Kier molecular flexibility index (Phi) is 5.42. The maximum atomic E-state index is 10.5. The van der Waals surface area contributed by atoms with Gasteiger partial charge in [-0.3, -0.25) is 0 Å². The molecule has 1 fully saturated rings. The number of aromatic hydroxyl groups is 1. The average Bonchev–Trinajstić information content (AvgIpc) is 2.61. The molecule has 1 aliphatic carbocycles. The highest BCUT2D eigenvalue weighted by Gasteiger charge is 2.37. The monoisotopic (exact) mass is 378 g/mol. The average molecular weight is 379 g/mol. The van der Waals surface area contributed by atoms with Gasteiger partial charge in [-0.2, -0.15) is 0 Å². The summed E-state index contributed by atoms with van der Waals surface area (Å²) < 4.78 is 0. The molecule has 3 rings (SSSR count). The third kappa shape index (κ3) is 3.86. The Balaban J connectivity index is 2.21. The molecule has 152 valence electrons. The molecule has 0 saturated heterocycles. The lowest BCUT2D eigenvalue weighted by Crippen LogP contribution is -2.31. The standard InChI is InChI=1S/C27H38O/c1-19-11-12-20(17-22(19)25(2,3)4)27(15-9-8-10-16-27)21-13-14-24(28)23(18-21)26(5,6)7/h11-14,17-18,28H,8-10,15-16H2,1-7H3. The van der Waals surface area contributed by atoms with Gasteiger partial charge in [0.05, 0.1) is 0 Å². The topological polar surface area (TPSA) is 20.2 Å². The fraction of sp³-hybridized carbons (Fsp3) is 0.556. The molecular weight excluding hydrogens is 340 g/mol. The van der Waals surface area contributed by atoms with E-state index in [4.69, 9.17) is 0 Å². The molecule has 0 radical (unpaired) electrons. The van der Waals surface area contributed by atoms with E-state index in [2.05, 4.69) is 78.8 Å². The van der Waals surface area contributed by atoms with Gasteiger partial charge in [-0.25, -0.2) is 0 Å². The molecule has 0 bridgehead atoms. The van der Waals surface area contributed by atoms with Gasteiger partial charge in [-0.15, -0.1) is 0 Å². The molecular formula is C27H38O. The zero-order chi connectivity index (χ0) is 20.7. The largest absolute Gasteiger partial charge is 0.508 e. The first-order valence-corrected chi connectivity index (χ1v) is 10.9. The van der Waals surface area contributed by atoms with Gasteiger partial charge in [0.2, 0.25) is 0 Å². The first-order valence-electron chi connectivity index (χ1n) is 10.9. The number of phenolic OH excluding ortho intramolecular Hbond substituents is 1. The van der Waals surface area contributed by atoms with Gasteiger partial charge in [0.15, 0.2) is 0 Å². The molecule has 1 N–H and O–H groups in total. The van der Waals surface area contributed by atoms with E-state index in [-0.39, 0.29) is 16.2 Å². The molecule has 1 saturated carbocycles. The van der Waals surface area contributed by atoms with Crippen molar-refractivity contribution in [1.82, 2.24) is 0 Å². The smallest absolute Gasteiger partial charge is 0.119 e. The van der Waals surface area contributed by atoms with Crippen molar-refractivity contribution in [1.29, 1.82) is 0 Å². The third-order valence-corrected chi connectivity index (χ3v) is 6.66. The van der Waals surface area contributed by atoms with Crippen LogP contribution in [0.2, 0.25) is 0 Å². The zero-order valence-corrected chi connectivity index (χ0v) is 18.9. The highest BCUT2D eigenvalue weighted by Crippen LogP contribution is 2.47. The quantitative estimate of drug-likeness (QED) is 0.572. The van der Waals surface area contributed by atoms with Gasteiger partial charge in [-0.05, 0) is 64.5 Å². The van der Waals surface area contributed by atoms with E-state index >= 15 is 0 Å². The van der Waals surface area contributed by atoms with Gasteiger partial charge in [0.25, 0.3) is 0 Å². The number of phenols is 1. The molecule has 0 heterocycles. The lowest BCUT2D eigenvalue weighted by Gasteiger charge is -2.40. The summed E-state index contributed by atoms with van der Waals surface area (Å²) in [6, 6.07) is 13.5. The van der Waals surface area contributed by atoms with Crippen LogP contribution in [0, 0.1) is 6.92 Å². The van der Waals surface area contributed by atoms with Crippen molar-refractivity contribution in [2.75, 3.05) is 0 Å². The molecule has 1 nitrogen and oxygen atoms in total. The normalized spacial score (nSPS) is 17.5. The van der Waals surface area contributed by atoms with E-state index in [9.17, 15) is 5.11 Å². The van der Waals surface area contributed by atoms with Crippen molar-refractivity contribution in [2.45, 2.75) is 96.8 Å². The van der Waals surface area contributed by atoms with Crippen LogP contribution in [0.5, 0.6) is 5.75 Å². The molecule has 28 heavy (non-hydrogen) atoms. The van der Waals surface area contributed by atoms with Crippen LogP contribution in [0.15, 0.2) is 36.4 Å². The summed E-state index contributed by atoms with van der Waals surface area (Å²) in [4.78, 5) is 0. The lowest BCUT2D eigenvalue weighted by atomic mass is 9.63. The minimum Gasteiger partial charge on any atom is -0.508 e. The maximum absolute atomic E-state index is 10.5. The van der Waals surface area contributed by atoms with Crippen LogP contribution in [0.25, 0.3) is 0 Å². The fourth-order valence-corrected chi connectivity index (χ4v) is 5.06. The van der Waals surface area contributed by atoms with Gasteiger partial charge in [0.1, 0.15) is 5.75 Å². The highest BCUT2D eigenvalue weighted by molar-refractivity contribution is 5.49. The molecule has 0 aromatic heterocycles. The van der Waals surface area contributed by atoms with Crippen molar-refractivity contribution in [3.8, 4) is 5.75 Å². The molecule has 2 aromatic rings. The second-order valence-electron chi connectivity index (χ2n) is 10.9. The Bertz CT molecular complexity index is 774.